The van der Waals surface area contributed by atoms with Gasteiger partial charge in [-0.2, -0.15) is 0 Å². The Balaban J connectivity index is 1.75. The van der Waals surface area contributed by atoms with E-state index in [0.717, 1.165) is 11.1 Å². The van der Waals surface area contributed by atoms with E-state index < -0.39 is 6.04 Å². The summed E-state index contributed by atoms with van der Waals surface area (Å²) in [5.74, 6) is 0.998. The summed E-state index contributed by atoms with van der Waals surface area (Å²) in [6.07, 6.45) is 0. The quantitative estimate of drug-likeness (QED) is 0.440. The second-order valence-electron chi connectivity index (χ2n) is 6.28. The minimum Gasteiger partial charge on any atom is -0.495 e. The minimum atomic E-state index is -0.534. The molecule has 1 heterocycles. The van der Waals surface area contributed by atoms with Crippen molar-refractivity contribution in [3.8, 4) is 17.2 Å². The summed E-state index contributed by atoms with van der Waals surface area (Å²) in [5.41, 5.74) is 2.20. The number of nitrogens with zero attached hydrogens (tertiary/aromatic N) is 2. The fourth-order valence-corrected chi connectivity index (χ4v) is 3.11. The van der Waals surface area contributed by atoms with Crippen molar-refractivity contribution in [2.45, 2.75) is 6.04 Å². The van der Waals surface area contributed by atoms with Crippen LogP contribution in [0, 0.1) is 5.82 Å². The molecule has 29 heavy (non-hydrogen) atoms. The van der Waals surface area contributed by atoms with Crippen molar-refractivity contribution in [2.75, 3.05) is 12.4 Å². The molecule has 0 unspecified atom stereocenters. The maximum atomic E-state index is 13.5. The molecular formula is C22H17ClFN3O2. The Hall–Kier alpha value is -3.38. The van der Waals surface area contributed by atoms with Crippen LogP contribution in [0.25, 0.3) is 11.5 Å². The molecule has 4 aromatic rings. The Kier molecular flexibility index (Phi) is 5.44. The third-order valence-corrected chi connectivity index (χ3v) is 4.61. The van der Waals surface area contributed by atoms with E-state index in [2.05, 4.69) is 15.5 Å². The molecule has 7 heteroatoms. The molecule has 1 N–H and O–H groups in total. The van der Waals surface area contributed by atoms with Crippen LogP contribution in [0.2, 0.25) is 5.02 Å². The Morgan fingerprint density at radius 3 is 2.48 bits per heavy atom. The number of halogens is 2. The van der Waals surface area contributed by atoms with E-state index in [1.54, 1.807) is 37.4 Å². The molecule has 4 rings (SSSR count). The van der Waals surface area contributed by atoms with E-state index in [9.17, 15) is 4.39 Å². The number of benzene rings is 3. The lowest BCUT2D eigenvalue weighted by molar-refractivity contribution is 0.415. The highest BCUT2D eigenvalue weighted by Gasteiger charge is 2.23. The highest BCUT2D eigenvalue weighted by molar-refractivity contribution is 6.30. The van der Waals surface area contributed by atoms with Crippen LogP contribution in [0.1, 0.15) is 17.5 Å². The maximum absolute atomic E-state index is 13.5. The first-order chi connectivity index (χ1) is 14.1. The van der Waals surface area contributed by atoms with E-state index in [0.29, 0.717) is 28.2 Å². The predicted molar refractivity (Wildman–Crippen MR) is 110 cm³/mol. The number of ether oxygens (including phenoxy) is 1. The first-order valence-corrected chi connectivity index (χ1v) is 9.26. The Labute approximate surface area is 172 Å². The van der Waals surface area contributed by atoms with Gasteiger partial charge in [-0.05, 0) is 48.0 Å². The number of rotatable bonds is 6. The molecule has 0 aliphatic heterocycles. The van der Waals surface area contributed by atoms with Gasteiger partial charge in [-0.3, -0.25) is 0 Å². The fourth-order valence-electron chi connectivity index (χ4n) is 2.94. The number of nitrogens with one attached hydrogen (secondary N) is 1. The number of hydrogen-bond acceptors (Lipinski definition) is 5. The molecule has 0 saturated carbocycles. The molecule has 0 saturated heterocycles. The first-order valence-electron chi connectivity index (χ1n) is 8.88. The molecule has 0 fully saturated rings. The van der Waals surface area contributed by atoms with Crippen LogP contribution in [0.5, 0.6) is 5.75 Å². The van der Waals surface area contributed by atoms with Gasteiger partial charge in [0.15, 0.2) is 0 Å². The van der Waals surface area contributed by atoms with Gasteiger partial charge in [0.25, 0.3) is 0 Å². The van der Waals surface area contributed by atoms with E-state index in [1.165, 1.54) is 12.1 Å². The second-order valence-corrected chi connectivity index (χ2v) is 6.72. The average molecular weight is 410 g/mol. The Morgan fingerprint density at radius 1 is 1.00 bits per heavy atom. The average Bonchev–Trinajstić information content (AvgIpc) is 3.23. The highest BCUT2D eigenvalue weighted by atomic mass is 35.5. The van der Waals surface area contributed by atoms with Gasteiger partial charge in [0.2, 0.25) is 11.8 Å². The standard InChI is InChI=1S/C22H17ClFN3O2/c1-28-19-12-9-16(23)13-18(19)25-20(14-7-10-17(24)11-8-14)22-27-26-21(29-22)15-5-3-2-4-6-15/h2-13,20,25H,1H3/t20-/m1/s1. The maximum Gasteiger partial charge on any atom is 0.247 e. The molecule has 0 aliphatic carbocycles. The summed E-state index contributed by atoms with van der Waals surface area (Å²) in [7, 11) is 1.57. The summed E-state index contributed by atoms with van der Waals surface area (Å²) in [5, 5.41) is 12.3. The molecule has 0 aliphatic rings. The second kappa shape index (κ2) is 8.32. The largest absolute Gasteiger partial charge is 0.495 e. The first kappa shape index (κ1) is 19.0. The molecule has 0 bridgehead atoms. The van der Waals surface area contributed by atoms with Gasteiger partial charge in [-0.1, -0.05) is 41.9 Å². The zero-order valence-electron chi connectivity index (χ0n) is 15.5. The molecular weight excluding hydrogens is 393 g/mol. The van der Waals surface area contributed by atoms with Gasteiger partial charge in [-0.25, -0.2) is 4.39 Å². The van der Waals surface area contributed by atoms with Gasteiger partial charge >= 0.3 is 0 Å². The third kappa shape index (κ3) is 4.22. The topological polar surface area (TPSA) is 60.2 Å². The van der Waals surface area contributed by atoms with Gasteiger partial charge in [0.05, 0.1) is 12.8 Å². The SMILES string of the molecule is COc1ccc(Cl)cc1N[C@H](c1ccc(F)cc1)c1nnc(-c2ccccc2)o1. The van der Waals surface area contributed by atoms with Gasteiger partial charge in [-0.15, -0.1) is 10.2 Å². The van der Waals surface area contributed by atoms with E-state index in [1.807, 2.05) is 30.3 Å². The molecule has 1 atom stereocenters. The normalized spacial score (nSPS) is 11.8. The van der Waals surface area contributed by atoms with Crippen molar-refractivity contribution in [1.82, 2.24) is 10.2 Å². The van der Waals surface area contributed by atoms with Crippen LogP contribution in [-0.2, 0) is 0 Å². The molecule has 3 aromatic carbocycles. The van der Waals surface area contributed by atoms with Crippen LogP contribution >= 0.6 is 11.6 Å². The summed E-state index contributed by atoms with van der Waals surface area (Å²) < 4.78 is 24.8. The lowest BCUT2D eigenvalue weighted by Gasteiger charge is -2.19. The lowest BCUT2D eigenvalue weighted by atomic mass is 10.1. The van der Waals surface area contributed by atoms with Crippen molar-refractivity contribution in [3.63, 3.8) is 0 Å². The third-order valence-electron chi connectivity index (χ3n) is 4.37. The van der Waals surface area contributed by atoms with Crippen LogP contribution in [0.4, 0.5) is 10.1 Å². The van der Waals surface area contributed by atoms with E-state index >= 15 is 0 Å². The van der Waals surface area contributed by atoms with Crippen LogP contribution < -0.4 is 10.1 Å². The zero-order chi connectivity index (χ0) is 20.2. The molecule has 146 valence electrons. The number of methoxy groups -OCH3 is 1. The van der Waals surface area contributed by atoms with Crippen molar-refractivity contribution < 1.29 is 13.5 Å². The van der Waals surface area contributed by atoms with E-state index in [4.69, 9.17) is 20.8 Å². The predicted octanol–water partition coefficient (Wildman–Crippen LogP) is 5.74. The van der Waals surface area contributed by atoms with Crippen LogP contribution in [-0.4, -0.2) is 17.3 Å². The summed E-state index contributed by atoms with van der Waals surface area (Å²) in [4.78, 5) is 0. The number of anilines is 1. The monoisotopic (exact) mass is 409 g/mol. The van der Waals surface area contributed by atoms with Crippen molar-refractivity contribution in [1.29, 1.82) is 0 Å². The summed E-state index contributed by atoms with van der Waals surface area (Å²) in [6, 6.07) is 20.3. The molecule has 0 spiro atoms. The summed E-state index contributed by atoms with van der Waals surface area (Å²) in [6.45, 7) is 0. The zero-order valence-corrected chi connectivity index (χ0v) is 16.2. The highest BCUT2D eigenvalue weighted by Crippen LogP contribution is 2.34. The molecule has 5 nitrogen and oxygen atoms in total. The van der Waals surface area contributed by atoms with E-state index in [-0.39, 0.29) is 5.82 Å². The van der Waals surface area contributed by atoms with Gasteiger partial charge in [0.1, 0.15) is 17.6 Å². The Bertz CT molecular complexity index is 1100. The van der Waals surface area contributed by atoms with Gasteiger partial charge in [0, 0.05) is 10.6 Å². The molecule has 1 aromatic heterocycles. The molecule has 0 amide bonds. The van der Waals surface area contributed by atoms with Crippen molar-refractivity contribution >= 4 is 17.3 Å². The fraction of sp³-hybridized carbons (Fsp3) is 0.0909. The van der Waals surface area contributed by atoms with Crippen molar-refractivity contribution in [2.24, 2.45) is 0 Å². The Morgan fingerprint density at radius 2 is 1.76 bits per heavy atom. The number of aromatic nitrogens is 2. The molecule has 0 radical (unpaired) electrons. The van der Waals surface area contributed by atoms with Crippen LogP contribution in [0.3, 0.4) is 0 Å². The van der Waals surface area contributed by atoms with Crippen LogP contribution in [0.15, 0.2) is 77.2 Å². The smallest absolute Gasteiger partial charge is 0.247 e. The van der Waals surface area contributed by atoms with Gasteiger partial charge < -0.3 is 14.5 Å². The summed E-state index contributed by atoms with van der Waals surface area (Å²) >= 11 is 6.16. The minimum absolute atomic E-state index is 0.330. The number of hydrogen-bond donors (Lipinski definition) is 1. The lowest BCUT2D eigenvalue weighted by Crippen LogP contribution is -2.13. The van der Waals surface area contributed by atoms with Crippen molar-refractivity contribution in [3.05, 3.63) is 95.1 Å².